The Bertz CT molecular complexity index is 1550. The van der Waals surface area contributed by atoms with E-state index in [1.807, 2.05) is 12.9 Å². The molecule has 0 unspecified atom stereocenters. The van der Waals surface area contributed by atoms with Crippen molar-refractivity contribution in [2.24, 2.45) is 5.92 Å². The standard InChI is InChI=1S/C42H58O4.C4H6O2.CH2O/c1-6-8-9-10-11-12-33-13-15-35(16-14-33)39-20-17-36(27-32(39)4)37-18-21-40(34(7-2)28-37)38-19-22-41(46-26-25-44-5)42(29-38)45-24-23-31(3)30-43;1-4(2-5)3-6;1-2/h17-22,27-29,33,35,43H,3,6-16,23-26,30H2,1-2,4-5H3;2,6H,1,3H2;1H2. The molecule has 0 radical (unpaired) electrons. The van der Waals surface area contributed by atoms with Crippen molar-refractivity contribution in [1.82, 2.24) is 0 Å². The molecular weight excluding hydrogens is 677 g/mol. The lowest BCUT2D eigenvalue weighted by Gasteiger charge is -2.30. The van der Waals surface area contributed by atoms with Crippen molar-refractivity contribution in [3.63, 3.8) is 0 Å². The van der Waals surface area contributed by atoms with E-state index in [2.05, 4.69) is 82.5 Å². The summed E-state index contributed by atoms with van der Waals surface area (Å²) in [5, 5.41) is 17.3. The van der Waals surface area contributed by atoms with Gasteiger partial charge in [0.1, 0.15) is 19.7 Å². The van der Waals surface area contributed by atoms with Gasteiger partial charge in [-0.25, -0.2) is 0 Å². The van der Waals surface area contributed by atoms with Crippen molar-refractivity contribution < 1.29 is 34.0 Å². The Balaban J connectivity index is 0.00000115. The van der Waals surface area contributed by atoms with Gasteiger partial charge in [-0.1, -0.05) is 108 Å². The first-order valence-corrected chi connectivity index (χ1v) is 19.7. The molecule has 3 aromatic carbocycles. The van der Waals surface area contributed by atoms with Gasteiger partial charge >= 0.3 is 0 Å². The van der Waals surface area contributed by atoms with Crippen LogP contribution in [0.1, 0.15) is 107 Å². The van der Waals surface area contributed by atoms with Crippen molar-refractivity contribution in [2.75, 3.05) is 40.1 Å². The maximum Gasteiger partial charge on any atom is 0.161 e. The van der Waals surface area contributed by atoms with Crippen LogP contribution in [-0.2, 0) is 20.7 Å². The van der Waals surface area contributed by atoms with Gasteiger partial charge in [0.05, 0.1) is 26.4 Å². The highest BCUT2D eigenvalue weighted by Crippen LogP contribution is 2.41. The molecule has 4 rings (SSSR count). The van der Waals surface area contributed by atoms with Gasteiger partial charge in [0.2, 0.25) is 0 Å². The smallest absolute Gasteiger partial charge is 0.161 e. The quantitative estimate of drug-likeness (QED) is 0.0485. The fourth-order valence-electron chi connectivity index (χ4n) is 7.02. The van der Waals surface area contributed by atoms with E-state index < -0.39 is 0 Å². The number of methoxy groups -OCH3 is 1. The Kier molecular flexibility index (Phi) is 22.8. The number of rotatable bonds is 21. The summed E-state index contributed by atoms with van der Waals surface area (Å²) in [7, 11) is 1.66. The predicted octanol–water partition coefficient (Wildman–Crippen LogP) is 10.4. The minimum atomic E-state index is -0.233. The zero-order valence-electron chi connectivity index (χ0n) is 33.5. The van der Waals surface area contributed by atoms with E-state index in [-0.39, 0.29) is 18.8 Å². The first kappa shape index (κ1) is 46.1. The number of aryl methyl sites for hydroxylation is 2. The molecule has 2 N–H and O–H groups in total. The van der Waals surface area contributed by atoms with Crippen molar-refractivity contribution in [1.29, 1.82) is 0 Å². The highest BCUT2D eigenvalue weighted by atomic mass is 16.5. The van der Waals surface area contributed by atoms with Crippen LogP contribution in [-0.4, -0.2) is 63.4 Å². The summed E-state index contributed by atoms with van der Waals surface area (Å²) < 4.78 is 17.3. The second kappa shape index (κ2) is 26.7. The lowest BCUT2D eigenvalue weighted by molar-refractivity contribution is -0.105. The monoisotopic (exact) mass is 742 g/mol. The van der Waals surface area contributed by atoms with Crippen LogP contribution in [0.25, 0.3) is 22.3 Å². The van der Waals surface area contributed by atoms with Crippen LogP contribution < -0.4 is 9.47 Å². The maximum absolute atomic E-state index is 9.48. The summed E-state index contributed by atoms with van der Waals surface area (Å²) in [5.74, 6) is 3.03. The number of carbonyl (C=O) groups excluding carboxylic acids is 2. The van der Waals surface area contributed by atoms with E-state index in [1.165, 1.54) is 92.0 Å². The van der Waals surface area contributed by atoms with Crippen LogP contribution in [0.4, 0.5) is 0 Å². The highest BCUT2D eigenvalue weighted by Gasteiger charge is 2.23. The van der Waals surface area contributed by atoms with Gasteiger partial charge in [-0.05, 0) is 108 Å². The summed E-state index contributed by atoms with van der Waals surface area (Å²) in [5.41, 5.74) is 10.1. The van der Waals surface area contributed by atoms with Gasteiger partial charge < -0.3 is 29.2 Å². The van der Waals surface area contributed by atoms with Crippen molar-refractivity contribution in [3.8, 4) is 33.8 Å². The second-order valence-electron chi connectivity index (χ2n) is 14.2. The van der Waals surface area contributed by atoms with E-state index in [4.69, 9.17) is 24.1 Å². The zero-order valence-corrected chi connectivity index (χ0v) is 33.5. The van der Waals surface area contributed by atoms with E-state index in [0.717, 1.165) is 23.5 Å². The molecule has 0 bridgehead atoms. The lowest BCUT2D eigenvalue weighted by Crippen LogP contribution is -2.14. The molecule has 1 aliphatic carbocycles. The summed E-state index contributed by atoms with van der Waals surface area (Å²) in [6.07, 6.45) is 15.9. The molecule has 0 amide bonds. The van der Waals surface area contributed by atoms with Crippen molar-refractivity contribution in [2.45, 2.75) is 104 Å². The summed E-state index contributed by atoms with van der Waals surface area (Å²) in [4.78, 5) is 17.5. The van der Waals surface area contributed by atoms with Gasteiger partial charge in [-0.15, -0.1) is 0 Å². The van der Waals surface area contributed by atoms with E-state index >= 15 is 0 Å². The Morgan fingerprint density at radius 1 is 0.778 bits per heavy atom. The number of aldehydes is 1. The minimum absolute atomic E-state index is 0.0324. The number of aliphatic hydroxyl groups is 2. The lowest BCUT2D eigenvalue weighted by atomic mass is 9.76. The zero-order chi connectivity index (χ0) is 39.7. The summed E-state index contributed by atoms with van der Waals surface area (Å²) in [6, 6.07) is 20.2. The first-order valence-electron chi connectivity index (χ1n) is 19.7. The Morgan fingerprint density at radius 2 is 1.44 bits per heavy atom. The van der Waals surface area contributed by atoms with Gasteiger partial charge in [-0.2, -0.15) is 0 Å². The topological polar surface area (TPSA) is 102 Å². The highest BCUT2D eigenvalue weighted by molar-refractivity contribution is 5.76. The van der Waals surface area contributed by atoms with Gasteiger partial charge in [0.25, 0.3) is 0 Å². The number of hydrogen-bond acceptors (Lipinski definition) is 7. The molecule has 7 heteroatoms. The molecule has 0 saturated heterocycles. The van der Waals surface area contributed by atoms with E-state index in [1.54, 1.807) is 12.7 Å². The van der Waals surface area contributed by atoms with Crippen LogP contribution in [0, 0.1) is 12.8 Å². The fraction of sp³-hybridized carbons (Fsp3) is 0.489. The summed E-state index contributed by atoms with van der Waals surface area (Å²) in [6.45, 7) is 17.0. The molecule has 1 aliphatic rings. The Labute approximate surface area is 325 Å². The molecule has 0 atom stereocenters. The molecule has 1 saturated carbocycles. The van der Waals surface area contributed by atoms with Crippen LogP contribution in [0.2, 0.25) is 0 Å². The fourth-order valence-corrected chi connectivity index (χ4v) is 7.02. The molecule has 54 heavy (non-hydrogen) atoms. The third-order valence-electron chi connectivity index (χ3n) is 10.2. The van der Waals surface area contributed by atoms with Crippen LogP contribution >= 0.6 is 0 Å². The Morgan fingerprint density at radius 3 is 2.06 bits per heavy atom. The Hall–Kier alpha value is -4.04. The number of hydrogen-bond donors (Lipinski definition) is 2. The number of benzene rings is 3. The molecule has 0 heterocycles. The van der Waals surface area contributed by atoms with E-state index in [9.17, 15) is 9.90 Å². The number of carbonyl (C=O) groups is 2. The average Bonchev–Trinajstić information content (AvgIpc) is 3.21. The second-order valence-corrected chi connectivity index (χ2v) is 14.2. The minimum Gasteiger partial charge on any atom is -0.489 e. The van der Waals surface area contributed by atoms with Crippen LogP contribution in [0.5, 0.6) is 11.5 Å². The predicted molar refractivity (Wildman–Crippen MR) is 223 cm³/mol. The van der Waals surface area contributed by atoms with Crippen LogP contribution in [0.15, 0.2) is 78.9 Å². The van der Waals surface area contributed by atoms with E-state index in [0.29, 0.717) is 49.9 Å². The third kappa shape index (κ3) is 15.4. The maximum atomic E-state index is 9.48. The number of ether oxygens (including phenoxy) is 3. The van der Waals surface area contributed by atoms with Crippen LogP contribution in [0.3, 0.4) is 0 Å². The average molecular weight is 743 g/mol. The third-order valence-corrected chi connectivity index (χ3v) is 10.2. The largest absolute Gasteiger partial charge is 0.489 e. The molecule has 0 aliphatic heterocycles. The molecule has 0 aromatic heterocycles. The van der Waals surface area contributed by atoms with Crippen molar-refractivity contribution in [3.05, 3.63) is 95.6 Å². The molecule has 3 aromatic rings. The first-order chi connectivity index (χ1) is 26.3. The molecule has 1 fully saturated rings. The summed E-state index contributed by atoms with van der Waals surface area (Å²) >= 11 is 0. The number of aliphatic hydroxyl groups excluding tert-OH is 2. The van der Waals surface area contributed by atoms with Gasteiger partial charge in [0, 0.05) is 19.1 Å². The van der Waals surface area contributed by atoms with Gasteiger partial charge in [-0.3, -0.25) is 4.79 Å². The SMILES string of the molecule is C=C(C=O)CO.C=C(CO)CCOc1cc(-c2ccc(-c3ccc(C4CCC(CCCCCCC)CC4)c(C)c3)cc2CC)ccc1OCCOC.C=O. The van der Waals surface area contributed by atoms with Gasteiger partial charge in [0.15, 0.2) is 11.5 Å². The normalized spacial score (nSPS) is 14.9. The molecule has 296 valence electrons. The molecule has 0 spiro atoms. The van der Waals surface area contributed by atoms with Crippen molar-refractivity contribution >= 4 is 13.1 Å². The molecule has 7 nitrogen and oxygen atoms in total. The molecular formula is C47H66O7. The number of unbranched alkanes of at least 4 members (excludes halogenated alkanes) is 4.